The minimum Gasteiger partial charge on any atom is -0.309 e. The summed E-state index contributed by atoms with van der Waals surface area (Å²) < 4.78 is 6.59. The van der Waals surface area contributed by atoms with Crippen LogP contribution in [0.15, 0.2) is 140 Å². The van der Waals surface area contributed by atoms with E-state index in [1.807, 2.05) is 29.3 Å². The molecule has 0 spiro atoms. The van der Waals surface area contributed by atoms with Gasteiger partial charge in [-0.2, -0.15) is 5.10 Å². The van der Waals surface area contributed by atoms with E-state index in [9.17, 15) is 0 Å². The number of benzene rings is 5. The van der Waals surface area contributed by atoms with Crippen LogP contribution in [-0.4, -0.2) is 23.9 Å². The number of aromatic nitrogens is 5. The van der Waals surface area contributed by atoms with Gasteiger partial charge in [-0.15, -0.1) is 0 Å². The molecular weight excluding hydrogens is 534 g/mol. The average Bonchev–Trinajstić information content (AvgIpc) is 3.85. The summed E-state index contributed by atoms with van der Waals surface area (Å²) in [6.45, 7) is 0. The summed E-state index contributed by atoms with van der Waals surface area (Å²) in [5.41, 5.74) is 7.94. The number of thiazole rings is 1. The number of fused-ring (bicyclic) bond motifs is 6. The molecule has 4 heterocycles. The molecule has 5 aromatic carbocycles. The third-order valence-electron chi connectivity index (χ3n) is 8.07. The number of nitrogens with zero attached hydrogens (tertiary/aromatic N) is 5. The van der Waals surface area contributed by atoms with Crippen LogP contribution in [0.2, 0.25) is 0 Å². The molecule has 0 unspecified atom stereocenters. The topological polar surface area (TPSA) is 40.6 Å². The van der Waals surface area contributed by atoms with Gasteiger partial charge in [0.1, 0.15) is 10.0 Å². The molecule has 0 radical (unpaired) electrons. The maximum atomic E-state index is 4.93. The fraction of sp³-hybridized carbons (Fsp3) is 0. The van der Waals surface area contributed by atoms with Gasteiger partial charge < -0.3 is 4.57 Å². The van der Waals surface area contributed by atoms with Crippen LogP contribution < -0.4 is 0 Å². The molecule has 0 bridgehead atoms. The second kappa shape index (κ2) is 9.03. The summed E-state index contributed by atoms with van der Waals surface area (Å²) in [4.78, 5) is 4.93. The van der Waals surface area contributed by atoms with E-state index < -0.39 is 0 Å². The van der Waals surface area contributed by atoms with Crippen LogP contribution >= 0.6 is 11.3 Å². The van der Waals surface area contributed by atoms with Crippen LogP contribution in [0.25, 0.3) is 70.6 Å². The summed E-state index contributed by atoms with van der Waals surface area (Å²) in [6.07, 6.45) is 5.79. The van der Waals surface area contributed by atoms with Crippen molar-refractivity contribution in [3.8, 4) is 26.9 Å². The van der Waals surface area contributed by atoms with Crippen molar-refractivity contribution >= 4 is 54.9 Å². The molecule has 198 valence electrons. The van der Waals surface area contributed by atoms with Crippen LogP contribution in [0, 0.1) is 0 Å². The van der Waals surface area contributed by atoms with E-state index in [0.29, 0.717) is 0 Å². The van der Waals surface area contributed by atoms with Gasteiger partial charge >= 0.3 is 0 Å². The van der Waals surface area contributed by atoms with Gasteiger partial charge in [0.15, 0.2) is 0 Å². The van der Waals surface area contributed by atoms with Gasteiger partial charge in [0.25, 0.3) is 0 Å². The highest BCUT2D eigenvalue weighted by atomic mass is 32.1. The van der Waals surface area contributed by atoms with Gasteiger partial charge in [0.05, 0.1) is 34.0 Å². The first-order chi connectivity index (χ1) is 20.8. The molecule has 4 aromatic heterocycles. The molecule has 0 saturated carbocycles. The standard InChI is InChI=1S/C36H23N5S/c1-4-14-31-29(13-1)30-18-17-25(39-20-8-19-38-39)22-34(30)40(31)26-10-7-9-24(21-26)36-37-23-35(42-36)41-32-15-5-2-11-27(32)28-12-3-6-16-33(28)41/h1-23H. The van der Waals surface area contributed by atoms with E-state index >= 15 is 0 Å². The van der Waals surface area contributed by atoms with Crippen molar-refractivity contribution in [1.82, 2.24) is 23.9 Å². The Morgan fingerprint density at radius 1 is 0.524 bits per heavy atom. The Hall–Kier alpha value is -5.46. The lowest BCUT2D eigenvalue weighted by molar-refractivity contribution is 0.881. The summed E-state index contributed by atoms with van der Waals surface area (Å²) in [7, 11) is 0. The monoisotopic (exact) mass is 557 g/mol. The zero-order valence-electron chi connectivity index (χ0n) is 22.4. The maximum absolute atomic E-state index is 4.93. The quantitative estimate of drug-likeness (QED) is 0.216. The van der Waals surface area contributed by atoms with E-state index in [-0.39, 0.29) is 0 Å². The smallest absolute Gasteiger partial charge is 0.125 e. The van der Waals surface area contributed by atoms with Gasteiger partial charge in [0.2, 0.25) is 0 Å². The first-order valence-corrected chi connectivity index (χ1v) is 14.7. The Kier molecular flexibility index (Phi) is 5.00. The van der Waals surface area contributed by atoms with Crippen LogP contribution in [0.5, 0.6) is 0 Å². The lowest BCUT2D eigenvalue weighted by atomic mass is 10.1. The summed E-state index contributed by atoms with van der Waals surface area (Å²) in [6, 6.07) is 43.0. The van der Waals surface area contributed by atoms with Crippen LogP contribution in [0.1, 0.15) is 0 Å². The molecule has 9 aromatic rings. The second-order valence-corrected chi connectivity index (χ2v) is 11.4. The molecule has 42 heavy (non-hydrogen) atoms. The molecule has 0 fully saturated rings. The molecule has 9 rings (SSSR count). The Balaban J connectivity index is 1.21. The minimum atomic E-state index is 0.992. The van der Waals surface area contributed by atoms with E-state index in [0.717, 1.165) is 32.5 Å². The SMILES string of the molecule is c1cc(-c2ncc(-n3c4ccccc4c4ccccc43)s2)cc(-n2c3ccccc3c3ccc(-n4cccn4)cc32)c1. The third kappa shape index (κ3) is 3.42. The molecule has 0 saturated heterocycles. The van der Waals surface area contributed by atoms with Crippen molar-refractivity contribution in [3.63, 3.8) is 0 Å². The Morgan fingerprint density at radius 2 is 1.19 bits per heavy atom. The maximum Gasteiger partial charge on any atom is 0.125 e. The van der Waals surface area contributed by atoms with Crippen molar-refractivity contribution < 1.29 is 0 Å². The fourth-order valence-corrected chi connectivity index (χ4v) is 7.18. The molecule has 0 atom stereocenters. The summed E-state index contributed by atoms with van der Waals surface area (Å²) in [5, 5.41) is 11.5. The van der Waals surface area contributed by atoms with Crippen molar-refractivity contribution in [1.29, 1.82) is 0 Å². The van der Waals surface area contributed by atoms with E-state index in [4.69, 9.17) is 4.98 Å². The summed E-state index contributed by atoms with van der Waals surface area (Å²) >= 11 is 1.72. The highest BCUT2D eigenvalue weighted by molar-refractivity contribution is 7.17. The third-order valence-corrected chi connectivity index (χ3v) is 9.10. The molecule has 0 amide bonds. The molecule has 0 aliphatic carbocycles. The predicted molar refractivity (Wildman–Crippen MR) is 173 cm³/mol. The molecular formula is C36H23N5S. The molecule has 0 N–H and O–H groups in total. The van der Waals surface area contributed by atoms with Crippen molar-refractivity contribution in [3.05, 3.63) is 140 Å². The predicted octanol–water partition coefficient (Wildman–Crippen LogP) is 9.19. The molecule has 0 aliphatic rings. The summed E-state index contributed by atoms with van der Waals surface area (Å²) in [5.74, 6) is 0. The van der Waals surface area contributed by atoms with E-state index in [2.05, 4.69) is 129 Å². The number of para-hydroxylation sites is 3. The van der Waals surface area contributed by atoms with Crippen molar-refractivity contribution in [2.45, 2.75) is 0 Å². The number of rotatable bonds is 4. The number of hydrogen-bond acceptors (Lipinski definition) is 3. The molecule has 5 nitrogen and oxygen atoms in total. The molecule has 6 heteroatoms. The number of hydrogen-bond donors (Lipinski definition) is 0. The zero-order valence-corrected chi connectivity index (χ0v) is 23.2. The second-order valence-electron chi connectivity index (χ2n) is 10.4. The Bertz CT molecular complexity index is 2370. The van der Waals surface area contributed by atoms with Crippen molar-refractivity contribution in [2.24, 2.45) is 0 Å². The van der Waals surface area contributed by atoms with E-state index in [1.54, 1.807) is 11.3 Å². The van der Waals surface area contributed by atoms with Gasteiger partial charge in [-0.25, -0.2) is 9.67 Å². The largest absolute Gasteiger partial charge is 0.309 e. The van der Waals surface area contributed by atoms with Crippen LogP contribution in [-0.2, 0) is 0 Å². The Morgan fingerprint density at radius 3 is 1.88 bits per heavy atom. The highest BCUT2D eigenvalue weighted by Gasteiger charge is 2.17. The fourth-order valence-electron chi connectivity index (χ4n) is 6.24. The average molecular weight is 558 g/mol. The van der Waals surface area contributed by atoms with Gasteiger partial charge in [-0.3, -0.25) is 4.57 Å². The Labute approximate surface area is 245 Å². The van der Waals surface area contributed by atoms with Gasteiger partial charge in [0, 0.05) is 45.2 Å². The lowest BCUT2D eigenvalue weighted by Crippen LogP contribution is -1.97. The van der Waals surface area contributed by atoms with Gasteiger partial charge in [-0.1, -0.05) is 84.1 Å². The normalized spacial score (nSPS) is 11.8. The van der Waals surface area contributed by atoms with Crippen LogP contribution in [0.4, 0.5) is 0 Å². The lowest BCUT2D eigenvalue weighted by Gasteiger charge is -2.10. The first-order valence-electron chi connectivity index (χ1n) is 13.9. The zero-order chi connectivity index (χ0) is 27.6. The van der Waals surface area contributed by atoms with Crippen LogP contribution in [0.3, 0.4) is 0 Å². The van der Waals surface area contributed by atoms with Gasteiger partial charge in [-0.05, 0) is 48.5 Å². The molecule has 0 aliphatic heterocycles. The first kappa shape index (κ1) is 23.3. The highest BCUT2D eigenvalue weighted by Crippen LogP contribution is 2.38. The van der Waals surface area contributed by atoms with Crippen molar-refractivity contribution in [2.75, 3.05) is 0 Å². The minimum absolute atomic E-state index is 0.992. The van der Waals surface area contributed by atoms with E-state index in [1.165, 1.54) is 38.1 Å².